The SMILES string of the molecule is CCCCNCC(=O)NCc1ccccc1F. The Morgan fingerprint density at radius 2 is 2.12 bits per heavy atom. The number of carbonyl (C=O) groups is 1. The smallest absolute Gasteiger partial charge is 0.234 e. The normalized spacial score (nSPS) is 10.2. The Kier molecular flexibility index (Phi) is 6.25. The molecular weight excluding hydrogens is 219 g/mol. The molecule has 1 aromatic carbocycles. The summed E-state index contributed by atoms with van der Waals surface area (Å²) in [5.74, 6) is -0.393. The molecule has 0 heterocycles. The molecule has 0 spiro atoms. The first-order chi connectivity index (χ1) is 8.24. The number of hydrogen-bond acceptors (Lipinski definition) is 2. The van der Waals surface area contributed by atoms with E-state index in [1.807, 2.05) is 0 Å². The van der Waals surface area contributed by atoms with Crippen molar-refractivity contribution in [1.29, 1.82) is 0 Å². The van der Waals surface area contributed by atoms with Gasteiger partial charge >= 0.3 is 0 Å². The lowest BCUT2D eigenvalue weighted by Crippen LogP contribution is -2.34. The first-order valence-corrected chi connectivity index (χ1v) is 5.95. The molecule has 0 aromatic heterocycles. The van der Waals surface area contributed by atoms with Crippen LogP contribution in [0.1, 0.15) is 25.3 Å². The highest BCUT2D eigenvalue weighted by Crippen LogP contribution is 2.04. The van der Waals surface area contributed by atoms with Crippen molar-refractivity contribution < 1.29 is 9.18 Å². The summed E-state index contributed by atoms with van der Waals surface area (Å²) in [6, 6.07) is 6.44. The van der Waals surface area contributed by atoms with Crippen molar-refractivity contribution in [3.05, 3.63) is 35.6 Å². The van der Waals surface area contributed by atoms with E-state index in [4.69, 9.17) is 0 Å². The summed E-state index contributed by atoms with van der Waals surface area (Å²) in [6.07, 6.45) is 2.16. The van der Waals surface area contributed by atoms with Crippen molar-refractivity contribution in [3.8, 4) is 0 Å². The predicted molar refractivity (Wildman–Crippen MR) is 66.0 cm³/mol. The topological polar surface area (TPSA) is 41.1 Å². The number of nitrogens with one attached hydrogen (secondary N) is 2. The molecule has 0 atom stereocenters. The van der Waals surface area contributed by atoms with Crippen LogP contribution in [0.15, 0.2) is 24.3 Å². The van der Waals surface area contributed by atoms with Gasteiger partial charge in [-0.1, -0.05) is 31.5 Å². The zero-order chi connectivity index (χ0) is 12.5. The maximum absolute atomic E-state index is 13.2. The third-order valence-corrected chi connectivity index (χ3v) is 2.43. The van der Waals surface area contributed by atoms with Gasteiger partial charge in [0.1, 0.15) is 5.82 Å². The van der Waals surface area contributed by atoms with Gasteiger partial charge in [-0.05, 0) is 19.0 Å². The van der Waals surface area contributed by atoms with Crippen molar-refractivity contribution in [2.75, 3.05) is 13.1 Å². The van der Waals surface area contributed by atoms with Gasteiger partial charge in [0.2, 0.25) is 5.91 Å². The Hall–Kier alpha value is -1.42. The zero-order valence-electron chi connectivity index (χ0n) is 10.1. The second kappa shape index (κ2) is 7.79. The average molecular weight is 238 g/mol. The fourth-order valence-electron chi connectivity index (χ4n) is 1.40. The van der Waals surface area contributed by atoms with Crippen LogP contribution >= 0.6 is 0 Å². The van der Waals surface area contributed by atoms with Crippen molar-refractivity contribution >= 4 is 5.91 Å². The van der Waals surface area contributed by atoms with E-state index in [0.717, 1.165) is 19.4 Å². The highest BCUT2D eigenvalue weighted by atomic mass is 19.1. The van der Waals surface area contributed by atoms with Crippen LogP contribution in [0.25, 0.3) is 0 Å². The van der Waals surface area contributed by atoms with Crippen LogP contribution in [0.2, 0.25) is 0 Å². The number of unbranched alkanes of at least 4 members (excludes halogenated alkanes) is 1. The predicted octanol–water partition coefficient (Wildman–Crippen LogP) is 1.83. The van der Waals surface area contributed by atoms with E-state index in [-0.39, 0.29) is 24.8 Å². The van der Waals surface area contributed by atoms with Crippen molar-refractivity contribution in [3.63, 3.8) is 0 Å². The molecule has 0 saturated carbocycles. The highest BCUT2D eigenvalue weighted by Gasteiger charge is 2.03. The first kappa shape index (κ1) is 13.6. The highest BCUT2D eigenvalue weighted by molar-refractivity contribution is 5.77. The van der Waals surface area contributed by atoms with Gasteiger partial charge in [-0.15, -0.1) is 0 Å². The Morgan fingerprint density at radius 3 is 2.82 bits per heavy atom. The monoisotopic (exact) mass is 238 g/mol. The van der Waals surface area contributed by atoms with Crippen LogP contribution < -0.4 is 10.6 Å². The molecule has 0 aliphatic carbocycles. The maximum atomic E-state index is 13.2. The zero-order valence-corrected chi connectivity index (χ0v) is 10.1. The lowest BCUT2D eigenvalue weighted by atomic mass is 10.2. The van der Waals surface area contributed by atoms with Crippen LogP contribution in [0.5, 0.6) is 0 Å². The van der Waals surface area contributed by atoms with Crippen LogP contribution in [0.3, 0.4) is 0 Å². The Morgan fingerprint density at radius 1 is 1.35 bits per heavy atom. The largest absolute Gasteiger partial charge is 0.351 e. The molecule has 17 heavy (non-hydrogen) atoms. The van der Waals surface area contributed by atoms with Gasteiger partial charge in [-0.25, -0.2) is 4.39 Å². The van der Waals surface area contributed by atoms with Gasteiger partial charge in [0.25, 0.3) is 0 Å². The molecule has 1 rings (SSSR count). The molecule has 0 fully saturated rings. The Bertz CT molecular complexity index is 355. The van der Waals surface area contributed by atoms with Gasteiger partial charge < -0.3 is 10.6 Å². The van der Waals surface area contributed by atoms with Crippen molar-refractivity contribution in [1.82, 2.24) is 10.6 Å². The van der Waals surface area contributed by atoms with Gasteiger partial charge in [-0.3, -0.25) is 4.79 Å². The number of benzene rings is 1. The number of hydrogen-bond donors (Lipinski definition) is 2. The molecule has 0 radical (unpaired) electrons. The minimum atomic E-state index is -0.285. The van der Waals surface area contributed by atoms with E-state index >= 15 is 0 Å². The third kappa shape index (κ3) is 5.45. The number of carbonyl (C=O) groups excluding carboxylic acids is 1. The molecule has 0 saturated heterocycles. The number of halogens is 1. The summed E-state index contributed by atoms with van der Waals surface area (Å²) in [7, 11) is 0. The van der Waals surface area contributed by atoms with Crippen molar-refractivity contribution in [2.45, 2.75) is 26.3 Å². The molecule has 1 amide bonds. The van der Waals surface area contributed by atoms with E-state index in [9.17, 15) is 9.18 Å². The van der Waals surface area contributed by atoms with Gasteiger partial charge in [0.15, 0.2) is 0 Å². The first-order valence-electron chi connectivity index (χ1n) is 5.95. The molecule has 0 aliphatic rings. The van der Waals surface area contributed by atoms with E-state index in [0.29, 0.717) is 5.56 Å². The van der Waals surface area contributed by atoms with E-state index in [1.165, 1.54) is 6.07 Å². The van der Waals surface area contributed by atoms with Crippen molar-refractivity contribution in [2.24, 2.45) is 0 Å². The fraction of sp³-hybridized carbons (Fsp3) is 0.462. The number of rotatable bonds is 7. The summed E-state index contributed by atoms with van der Waals surface area (Å²) in [6.45, 7) is 3.46. The molecule has 94 valence electrons. The molecule has 0 aliphatic heterocycles. The standard InChI is InChI=1S/C13H19FN2O/c1-2-3-8-15-10-13(17)16-9-11-6-4-5-7-12(11)14/h4-7,15H,2-3,8-10H2,1H3,(H,16,17). The van der Waals surface area contributed by atoms with E-state index in [1.54, 1.807) is 18.2 Å². The summed E-state index contributed by atoms with van der Waals surface area (Å²) < 4.78 is 13.2. The van der Waals surface area contributed by atoms with Gasteiger partial charge in [-0.2, -0.15) is 0 Å². The van der Waals surface area contributed by atoms with Gasteiger partial charge in [0.05, 0.1) is 6.54 Å². The molecule has 2 N–H and O–H groups in total. The Balaban J connectivity index is 2.22. The molecule has 1 aromatic rings. The second-order valence-electron chi connectivity index (χ2n) is 3.90. The summed E-state index contributed by atoms with van der Waals surface area (Å²) in [4.78, 5) is 11.4. The van der Waals surface area contributed by atoms with Crippen LogP contribution in [-0.2, 0) is 11.3 Å². The third-order valence-electron chi connectivity index (χ3n) is 2.43. The summed E-state index contributed by atoms with van der Waals surface area (Å²) in [5, 5.41) is 5.71. The summed E-state index contributed by atoms with van der Waals surface area (Å²) >= 11 is 0. The fourth-order valence-corrected chi connectivity index (χ4v) is 1.40. The molecular formula is C13H19FN2O. The van der Waals surface area contributed by atoms with Gasteiger partial charge in [0, 0.05) is 12.1 Å². The summed E-state index contributed by atoms with van der Waals surface area (Å²) in [5.41, 5.74) is 0.509. The van der Waals surface area contributed by atoms with Crippen LogP contribution in [-0.4, -0.2) is 19.0 Å². The minimum absolute atomic E-state index is 0.107. The maximum Gasteiger partial charge on any atom is 0.234 e. The van der Waals surface area contributed by atoms with Crippen LogP contribution in [0.4, 0.5) is 4.39 Å². The minimum Gasteiger partial charge on any atom is -0.351 e. The van der Waals surface area contributed by atoms with E-state index in [2.05, 4.69) is 17.6 Å². The van der Waals surface area contributed by atoms with Crippen LogP contribution in [0, 0.1) is 5.82 Å². The molecule has 0 bridgehead atoms. The lowest BCUT2D eigenvalue weighted by Gasteiger charge is -2.07. The molecule has 3 nitrogen and oxygen atoms in total. The lowest BCUT2D eigenvalue weighted by molar-refractivity contribution is -0.120. The van der Waals surface area contributed by atoms with E-state index < -0.39 is 0 Å². The average Bonchev–Trinajstić information content (AvgIpc) is 2.34. The molecule has 4 heteroatoms. The Labute approximate surface area is 101 Å². The molecule has 0 unspecified atom stereocenters. The quantitative estimate of drug-likeness (QED) is 0.712. The second-order valence-corrected chi connectivity index (χ2v) is 3.90. The number of amides is 1.